The van der Waals surface area contributed by atoms with Crippen LogP contribution in [0.4, 0.5) is 0 Å². The summed E-state index contributed by atoms with van der Waals surface area (Å²) in [7, 11) is 2.00. The van der Waals surface area contributed by atoms with Crippen molar-refractivity contribution in [2.45, 2.75) is 44.6 Å². The molecular formula is C20H29N3O. The van der Waals surface area contributed by atoms with E-state index >= 15 is 0 Å². The average Bonchev–Trinajstić information content (AvgIpc) is 3.13. The summed E-state index contributed by atoms with van der Waals surface area (Å²) in [6.07, 6.45) is 14.4. The van der Waals surface area contributed by atoms with Crippen LogP contribution >= 0.6 is 0 Å². The summed E-state index contributed by atoms with van der Waals surface area (Å²) in [6, 6.07) is 4.60. The van der Waals surface area contributed by atoms with Gasteiger partial charge >= 0.3 is 0 Å². The highest BCUT2D eigenvalue weighted by molar-refractivity contribution is 5.76. The number of piperidine rings is 1. The maximum atomic E-state index is 12.5. The summed E-state index contributed by atoms with van der Waals surface area (Å²) in [6.45, 7) is 3.29. The molecule has 2 heterocycles. The molecule has 1 aromatic rings. The summed E-state index contributed by atoms with van der Waals surface area (Å²) in [4.78, 5) is 21.1. The molecular weight excluding hydrogens is 298 g/mol. The summed E-state index contributed by atoms with van der Waals surface area (Å²) in [5, 5.41) is 0. The Balaban J connectivity index is 1.39. The van der Waals surface area contributed by atoms with Gasteiger partial charge in [-0.1, -0.05) is 12.2 Å². The Bertz CT molecular complexity index is 549. The van der Waals surface area contributed by atoms with Crippen LogP contribution in [0, 0.1) is 5.92 Å². The third kappa shape index (κ3) is 4.67. The molecule has 1 saturated heterocycles. The number of allylic oxidation sites excluding steroid dienone is 2. The Labute approximate surface area is 145 Å². The molecule has 0 spiro atoms. The number of hydrogen-bond donors (Lipinski definition) is 0. The highest BCUT2D eigenvalue weighted by atomic mass is 16.2. The Kier molecular flexibility index (Phi) is 6.02. The van der Waals surface area contributed by atoms with Crippen LogP contribution in [0.5, 0.6) is 0 Å². The van der Waals surface area contributed by atoms with E-state index < -0.39 is 0 Å². The number of pyridine rings is 1. The fourth-order valence-electron chi connectivity index (χ4n) is 3.80. The van der Waals surface area contributed by atoms with Crippen molar-refractivity contribution in [3.63, 3.8) is 0 Å². The minimum Gasteiger partial charge on any atom is -0.343 e. The van der Waals surface area contributed by atoms with Crippen molar-refractivity contribution in [2.24, 2.45) is 5.92 Å². The SMILES string of the molecule is CN(C(=O)C[C@H]1C=CCC1)C1CCN(CCc2ccncc2)CC1. The van der Waals surface area contributed by atoms with Gasteiger partial charge in [-0.3, -0.25) is 9.78 Å². The lowest BCUT2D eigenvalue weighted by molar-refractivity contribution is -0.133. The Morgan fingerprint density at radius 3 is 2.67 bits per heavy atom. The van der Waals surface area contributed by atoms with Gasteiger partial charge in [0.2, 0.25) is 5.91 Å². The monoisotopic (exact) mass is 327 g/mol. The number of carbonyl (C=O) groups excluding carboxylic acids is 1. The topological polar surface area (TPSA) is 36.4 Å². The molecule has 0 N–H and O–H groups in total. The Hall–Kier alpha value is -1.68. The second kappa shape index (κ2) is 8.43. The van der Waals surface area contributed by atoms with Crippen molar-refractivity contribution in [1.29, 1.82) is 0 Å². The van der Waals surface area contributed by atoms with Gasteiger partial charge in [-0.05, 0) is 55.7 Å². The van der Waals surface area contributed by atoms with Crippen LogP contribution in [0.3, 0.4) is 0 Å². The molecule has 0 aromatic carbocycles. The van der Waals surface area contributed by atoms with Crippen molar-refractivity contribution in [3.05, 3.63) is 42.2 Å². The van der Waals surface area contributed by atoms with Crippen molar-refractivity contribution in [3.8, 4) is 0 Å². The number of carbonyl (C=O) groups is 1. The minimum atomic E-state index is 0.321. The average molecular weight is 327 g/mol. The van der Waals surface area contributed by atoms with Gasteiger partial charge in [-0.2, -0.15) is 0 Å². The maximum absolute atomic E-state index is 12.5. The van der Waals surface area contributed by atoms with Gasteiger partial charge in [0.1, 0.15) is 0 Å². The molecule has 130 valence electrons. The first-order chi connectivity index (χ1) is 11.7. The molecule has 1 aliphatic carbocycles. The lowest BCUT2D eigenvalue weighted by atomic mass is 10.00. The van der Waals surface area contributed by atoms with E-state index in [0.717, 1.165) is 51.7 Å². The third-order valence-electron chi connectivity index (χ3n) is 5.51. The van der Waals surface area contributed by atoms with Gasteiger partial charge < -0.3 is 9.80 Å². The van der Waals surface area contributed by atoms with Crippen molar-refractivity contribution in [2.75, 3.05) is 26.7 Å². The predicted octanol–water partition coefficient (Wildman–Crippen LogP) is 2.90. The second-order valence-corrected chi connectivity index (χ2v) is 7.15. The lowest BCUT2D eigenvalue weighted by Gasteiger charge is -2.37. The van der Waals surface area contributed by atoms with Crippen molar-refractivity contribution < 1.29 is 4.79 Å². The van der Waals surface area contributed by atoms with E-state index in [-0.39, 0.29) is 0 Å². The molecule has 1 aliphatic heterocycles. The molecule has 1 atom stereocenters. The van der Waals surface area contributed by atoms with E-state index in [2.05, 4.69) is 34.2 Å². The third-order valence-corrected chi connectivity index (χ3v) is 5.51. The van der Waals surface area contributed by atoms with E-state index in [4.69, 9.17) is 0 Å². The standard InChI is InChI=1S/C20H29N3O/c1-22(20(24)16-18-4-2-3-5-18)19-9-14-23(15-10-19)13-8-17-6-11-21-12-7-17/h2,4,6-7,11-12,18-19H,3,5,8-10,13-16H2,1H3/t18-/m0/s1. The molecule has 0 unspecified atom stereocenters. The number of likely N-dealkylation sites (tertiary alicyclic amines) is 1. The number of amides is 1. The van der Waals surface area contributed by atoms with Gasteiger partial charge in [0.15, 0.2) is 0 Å². The van der Waals surface area contributed by atoms with E-state index in [1.807, 2.05) is 24.3 Å². The fourth-order valence-corrected chi connectivity index (χ4v) is 3.80. The normalized spacial score (nSPS) is 22.0. The highest BCUT2D eigenvalue weighted by Gasteiger charge is 2.26. The van der Waals surface area contributed by atoms with Crippen LogP contribution in [0.2, 0.25) is 0 Å². The quantitative estimate of drug-likeness (QED) is 0.754. The zero-order valence-corrected chi connectivity index (χ0v) is 14.7. The van der Waals surface area contributed by atoms with Gasteiger partial charge in [0.05, 0.1) is 0 Å². The van der Waals surface area contributed by atoms with Gasteiger partial charge in [0.25, 0.3) is 0 Å². The number of hydrogen-bond acceptors (Lipinski definition) is 3. The van der Waals surface area contributed by atoms with E-state index in [1.54, 1.807) is 0 Å². The first kappa shape index (κ1) is 17.2. The van der Waals surface area contributed by atoms with Crippen LogP contribution in [0.1, 0.15) is 37.7 Å². The zero-order valence-electron chi connectivity index (χ0n) is 14.7. The molecule has 0 radical (unpaired) electrons. The second-order valence-electron chi connectivity index (χ2n) is 7.15. The molecule has 2 aliphatic rings. The molecule has 1 amide bonds. The molecule has 24 heavy (non-hydrogen) atoms. The van der Waals surface area contributed by atoms with E-state index in [0.29, 0.717) is 24.3 Å². The van der Waals surface area contributed by atoms with Crippen LogP contribution in [-0.4, -0.2) is 53.4 Å². The van der Waals surface area contributed by atoms with E-state index in [9.17, 15) is 4.79 Å². The largest absolute Gasteiger partial charge is 0.343 e. The summed E-state index contributed by atoms with van der Waals surface area (Å²) >= 11 is 0. The van der Waals surface area contributed by atoms with E-state index in [1.165, 1.54) is 5.56 Å². The maximum Gasteiger partial charge on any atom is 0.223 e. The highest BCUT2D eigenvalue weighted by Crippen LogP contribution is 2.23. The lowest BCUT2D eigenvalue weighted by Crippen LogP contribution is -2.46. The van der Waals surface area contributed by atoms with Gasteiger partial charge in [0, 0.05) is 51.5 Å². The molecule has 4 nitrogen and oxygen atoms in total. The molecule has 4 heteroatoms. The van der Waals surface area contributed by atoms with Crippen molar-refractivity contribution in [1.82, 2.24) is 14.8 Å². The predicted molar refractivity (Wildman–Crippen MR) is 96.7 cm³/mol. The summed E-state index contributed by atoms with van der Waals surface area (Å²) < 4.78 is 0. The van der Waals surface area contributed by atoms with Crippen LogP contribution in [-0.2, 0) is 11.2 Å². The summed E-state index contributed by atoms with van der Waals surface area (Å²) in [5.74, 6) is 0.794. The zero-order chi connectivity index (χ0) is 16.8. The molecule has 0 saturated carbocycles. The first-order valence-electron chi connectivity index (χ1n) is 9.26. The number of nitrogens with zero attached hydrogens (tertiary/aromatic N) is 3. The first-order valence-corrected chi connectivity index (χ1v) is 9.26. The van der Waals surface area contributed by atoms with Crippen LogP contribution < -0.4 is 0 Å². The molecule has 1 aromatic heterocycles. The van der Waals surface area contributed by atoms with Gasteiger partial charge in [-0.15, -0.1) is 0 Å². The van der Waals surface area contributed by atoms with Crippen LogP contribution in [0.15, 0.2) is 36.7 Å². The Morgan fingerprint density at radius 1 is 1.25 bits per heavy atom. The number of aromatic nitrogens is 1. The smallest absolute Gasteiger partial charge is 0.223 e. The molecule has 3 rings (SSSR count). The number of rotatable bonds is 6. The summed E-state index contributed by atoms with van der Waals surface area (Å²) in [5.41, 5.74) is 1.35. The van der Waals surface area contributed by atoms with Crippen molar-refractivity contribution >= 4 is 5.91 Å². The van der Waals surface area contributed by atoms with Gasteiger partial charge in [-0.25, -0.2) is 0 Å². The Morgan fingerprint density at radius 2 is 2.00 bits per heavy atom. The minimum absolute atomic E-state index is 0.321. The molecule has 0 bridgehead atoms. The fraction of sp³-hybridized carbons (Fsp3) is 0.600. The van der Waals surface area contributed by atoms with Crippen LogP contribution in [0.25, 0.3) is 0 Å². The molecule has 1 fully saturated rings.